The summed E-state index contributed by atoms with van der Waals surface area (Å²) < 4.78 is 5.70. The second-order valence-corrected chi connectivity index (χ2v) is 8.29. The number of benzene rings is 2. The predicted octanol–water partition coefficient (Wildman–Crippen LogP) is 6.40. The Balaban J connectivity index is 1.56. The van der Waals surface area contributed by atoms with Gasteiger partial charge in [0.05, 0.1) is 16.4 Å². The Hall–Kier alpha value is -3.07. The van der Waals surface area contributed by atoms with E-state index in [1.807, 2.05) is 0 Å². The zero-order valence-corrected chi connectivity index (χ0v) is 17.9. The lowest BCUT2D eigenvalue weighted by atomic mass is 10.1. The van der Waals surface area contributed by atoms with Crippen molar-refractivity contribution in [3.63, 3.8) is 0 Å². The quantitative estimate of drug-likeness (QED) is 0.241. The molecule has 0 N–H and O–H groups in total. The maximum absolute atomic E-state index is 12.7. The first kappa shape index (κ1) is 21.2. The number of hydrogen-bond donors (Lipinski definition) is 0. The fraction of sp³-hybridized carbons (Fsp3) is 0.0476. The molecule has 3 aromatic rings. The standard InChI is InChI=1S/C21H12Cl2N2O5S/c22-15-4-2-1-3-13(15)11-24-20(26)19(31-21(24)27)10-14-6-8-18(30-14)12-5-7-16(23)17(9-12)25(28)29/h1-10H,11H2/b19-10+. The van der Waals surface area contributed by atoms with Crippen molar-refractivity contribution in [3.8, 4) is 11.3 Å². The van der Waals surface area contributed by atoms with Crippen LogP contribution >= 0.6 is 35.0 Å². The van der Waals surface area contributed by atoms with Gasteiger partial charge in [0.2, 0.25) is 0 Å². The number of hydrogen-bond acceptors (Lipinski definition) is 6. The third kappa shape index (κ3) is 4.36. The number of imide groups is 1. The lowest BCUT2D eigenvalue weighted by molar-refractivity contribution is -0.384. The van der Waals surface area contributed by atoms with Crippen molar-refractivity contribution >= 4 is 57.9 Å². The van der Waals surface area contributed by atoms with Gasteiger partial charge in [-0.1, -0.05) is 41.4 Å². The number of nitro groups is 1. The Morgan fingerprint density at radius 2 is 1.84 bits per heavy atom. The van der Waals surface area contributed by atoms with E-state index in [0.29, 0.717) is 27.7 Å². The summed E-state index contributed by atoms with van der Waals surface area (Å²) in [6.07, 6.45) is 1.46. The highest BCUT2D eigenvalue weighted by molar-refractivity contribution is 8.18. The summed E-state index contributed by atoms with van der Waals surface area (Å²) >= 11 is 12.8. The van der Waals surface area contributed by atoms with Gasteiger partial charge in [-0.15, -0.1) is 0 Å². The molecule has 1 aliphatic rings. The second kappa shape index (κ2) is 8.58. The smallest absolute Gasteiger partial charge is 0.293 e. The van der Waals surface area contributed by atoms with Crippen LogP contribution in [0.1, 0.15) is 11.3 Å². The molecule has 0 saturated carbocycles. The molecular formula is C21H12Cl2N2O5S. The first-order chi connectivity index (χ1) is 14.8. The first-order valence-electron chi connectivity index (χ1n) is 8.86. The van der Waals surface area contributed by atoms with Gasteiger partial charge in [0.25, 0.3) is 16.8 Å². The SMILES string of the molecule is O=C1S/C(=C/c2ccc(-c3ccc(Cl)c([N+](=O)[O-])c3)o2)C(=O)N1Cc1ccccc1Cl. The number of carbonyl (C=O) groups excluding carboxylic acids is 2. The molecule has 2 amide bonds. The molecule has 1 fully saturated rings. The summed E-state index contributed by atoms with van der Waals surface area (Å²) in [5.41, 5.74) is 0.887. The van der Waals surface area contributed by atoms with Gasteiger partial charge in [-0.05, 0) is 47.7 Å². The number of carbonyl (C=O) groups is 2. The predicted molar refractivity (Wildman–Crippen MR) is 119 cm³/mol. The Morgan fingerprint density at radius 1 is 1.06 bits per heavy atom. The van der Waals surface area contributed by atoms with E-state index in [4.69, 9.17) is 27.6 Å². The molecule has 0 bridgehead atoms. The molecule has 0 atom stereocenters. The molecule has 0 unspecified atom stereocenters. The van der Waals surface area contributed by atoms with Gasteiger partial charge in [-0.25, -0.2) is 0 Å². The fourth-order valence-corrected chi connectivity index (χ4v) is 4.15. The van der Waals surface area contributed by atoms with E-state index in [0.717, 1.165) is 16.7 Å². The number of nitrogens with zero attached hydrogens (tertiary/aromatic N) is 2. The van der Waals surface area contributed by atoms with E-state index in [-0.39, 0.29) is 22.2 Å². The first-order valence-corrected chi connectivity index (χ1v) is 10.4. The number of amides is 2. The lowest BCUT2D eigenvalue weighted by Gasteiger charge is -2.13. The third-order valence-corrected chi connectivity index (χ3v) is 6.08. The molecular weight excluding hydrogens is 463 g/mol. The summed E-state index contributed by atoms with van der Waals surface area (Å²) in [7, 11) is 0. The van der Waals surface area contributed by atoms with Gasteiger partial charge >= 0.3 is 0 Å². The van der Waals surface area contributed by atoms with Crippen LogP contribution in [-0.4, -0.2) is 21.0 Å². The zero-order chi connectivity index (χ0) is 22.1. The van der Waals surface area contributed by atoms with Crippen LogP contribution in [-0.2, 0) is 11.3 Å². The number of furan rings is 1. The van der Waals surface area contributed by atoms with Crippen LogP contribution in [0.5, 0.6) is 0 Å². The number of nitro benzene ring substituents is 1. The van der Waals surface area contributed by atoms with E-state index in [1.54, 1.807) is 42.5 Å². The minimum atomic E-state index is -0.579. The van der Waals surface area contributed by atoms with Crippen LogP contribution in [0.2, 0.25) is 10.0 Å². The maximum Gasteiger partial charge on any atom is 0.293 e. The summed E-state index contributed by atoms with van der Waals surface area (Å²) in [6, 6.07) is 14.5. The molecule has 4 rings (SSSR count). The molecule has 2 heterocycles. The molecule has 156 valence electrons. The van der Waals surface area contributed by atoms with E-state index < -0.39 is 16.1 Å². The molecule has 31 heavy (non-hydrogen) atoms. The highest BCUT2D eigenvalue weighted by Gasteiger charge is 2.35. The van der Waals surface area contributed by atoms with E-state index >= 15 is 0 Å². The van der Waals surface area contributed by atoms with Crippen LogP contribution in [0.15, 0.2) is 63.9 Å². The molecule has 2 aromatic carbocycles. The topological polar surface area (TPSA) is 93.7 Å². The summed E-state index contributed by atoms with van der Waals surface area (Å²) in [6.45, 7) is 0.0690. The summed E-state index contributed by atoms with van der Waals surface area (Å²) in [5.74, 6) is 0.243. The van der Waals surface area contributed by atoms with Gasteiger partial charge in [-0.2, -0.15) is 0 Å². The molecule has 10 heteroatoms. The molecule has 1 saturated heterocycles. The van der Waals surface area contributed by atoms with Crippen molar-refractivity contribution in [3.05, 3.63) is 91.0 Å². The average molecular weight is 475 g/mol. The summed E-state index contributed by atoms with van der Waals surface area (Å²) in [5, 5.41) is 11.2. The van der Waals surface area contributed by atoms with Crippen molar-refractivity contribution in [1.29, 1.82) is 0 Å². The molecule has 7 nitrogen and oxygen atoms in total. The average Bonchev–Trinajstić information content (AvgIpc) is 3.30. The van der Waals surface area contributed by atoms with Crippen molar-refractivity contribution in [2.75, 3.05) is 0 Å². The minimum Gasteiger partial charge on any atom is -0.457 e. The van der Waals surface area contributed by atoms with Gasteiger partial charge in [0, 0.05) is 22.7 Å². The van der Waals surface area contributed by atoms with Gasteiger partial charge in [0.15, 0.2) is 0 Å². The molecule has 1 aromatic heterocycles. The van der Waals surface area contributed by atoms with E-state index in [1.165, 1.54) is 18.2 Å². The van der Waals surface area contributed by atoms with Crippen LogP contribution < -0.4 is 0 Å². The van der Waals surface area contributed by atoms with Crippen molar-refractivity contribution in [2.45, 2.75) is 6.54 Å². The van der Waals surface area contributed by atoms with Crippen molar-refractivity contribution in [1.82, 2.24) is 4.90 Å². The highest BCUT2D eigenvalue weighted by atomic mass is 35.5. The Morgan fingerprint density at radius 3 is 2.58 bits per heavy atom. The minimum absolute atomic E-state index is 0.0210. The van der Waals surface area contributed by atoms with Gasteiger partial charge in [0.1, 0.15) is 16.5 Å². The number of halogens is 2. The van der Waals surface area contributed by atoms with Crippen LogP contribution in [0.25, 0.3) is 17.4 Å². The monoisotopic (exact) mass is 474 g/mol. The number of rotatable bonds is 5. The van der Waals surface area contributed by atoms with Gasteiger partial charge in [-0.3, -0.25) is 24.6 Å². The van der Waals surface area contributed by atoms with E-state index in [9.17, 15) is 19.7 Å². The zero-order valence-electron chi connectivity index (χ0n) is 15.6. The van der Waals surface area contributed by atoms with Crippen molar-refractivity contribution in [2.24, 2.45) is 0 Å². The van der Waals surface area contributed by atoms with Crippen LogP contribution in [0, 0.1) is 10.1 Å². The normalized spacial score (nSPS) is 15.2. The number of thioether (sulfide) groups is 1. The maximum atomic E-state index is 12.7. The fourth-order valence-electron chi connectivity index (χ4n) is 2.95. The van der Waals surface area contributed by atoms with Crippen LogP contribution in [0.4, 0.5) is 10.5 Å². The Labute approximate surface area is 190 Å². The molecule has 1 aliphatic heterocycles. The highest BCUT2D eigenvalue weighted by Crippen LogP contribution is 2.36. The Bertz CT molecular complexity index is 1250. The van der Waals surface area contributed by atoms with E-state index in [2.05, 4.69) is 0 Å². The molecule has 0 radical (unpaired) electrons. The largest absolute Gasteiger partial charge is 0.457 e. The van der Waals surface area contributed by atoms with Crippen molar-refractivity contribution < 1.29 is 18.9 Å². The second-order valence-electron chi connectivity index (χ2n) is 6.48. The van der Waals surface area contributed by atoms with Crippen LogP contribution in [0.3, 0.4) is 0 Å². The Kier molecular flexibility index (Phi) is 5.86. The molecule has 0 spiro atoms. The van der Waals surface area contributed by atoms with Gasteiger partial charge < -0.3 is 4.42 Å². The third-order valence-electron chi connectivity index (χ3n) is 4.49. The molecule has 0 aliphatic carbocycles. The summed E-state index contributed by atoms with van der Waals surface area (Å²) in [4.78, 5) is 36.9. The lowest BCUT2D eigenvalue weighted by Crippen LogP contribution is -2.27.